The lowest BCUT2D eigenvalue weighted by Crippen LogP contribution is -2.10. The van der Waals surface area contributed by atoms with Crippen molar-refractivity contribution in [1.29, 1.82) is 0 Å². The van der Waals surface area contributed by atoms with Gasteiger partial charge in [-0.05, 0) is 116 Å². The number of benzene rings is 10. The van der Waals surface area contributed by atoms with Crippen LogP contribution in [0.3, 0.4) is 0 Å². The highest BCUT2D eigenvalue weighted by molar-refractivity contribution is 6.13. The lowest BCUT2D eigenvalue weighted by atomic mass is 9.84. The summed E-state index contributed by atoms with van der Waals surface area (Å²) in [7, 11) is 0. The summed E-state index contributed by atoms with van der Waals surface area (Å²) in [5.41, 5.74) is 21.2. The summed E-state index contributed by atoms with van der Waals surface area (Å²) in [4.78, 5) is 10.8. The minimum Gasteiger partial charge on any atom is -0.456 e. The minimum atomic E-state index is -0.0283. The molecule has 0 bridgehead atoms. The van der Waals surface area contributed by atoms with Gasteiger partial charge in [0.1, 0.15) is 11.2 Å². The zero-order chi connectivity index (χ0) is 51.7. The van der Waals surface area contributed by atoms with Crippen LogP contribution in [0.2, 0.25) is 0 Å². The van der Waals surface area contributed by atoms with Crippen molar-refractivity contribution < 1.29 is 4.42 Å². The Morgan fingerprint density at radius 3 is 1.26 bits per heavy atom. The van der Waals surface area contributed by atoms with Gasteiger partial charge in [0.15, 0.2) is 5.82 Å². The number of hydrogen-bond acceptors (Lipinski definition) is 3. The van der Waals surface area contributed by atoms with Gasteiger partial charge in [-0.15, -0.1) is 0 Å². The molecule has 0 fully saturated rings. The first-order valence-corrected chi connectivity index (χ1v) is 26.4. The molecule has 0 unspecified atom stereocenters. The number of para-hydroxylation sites is 1. The highest BCUT2D eigenvalue weighted by Crippen LogP contribution is 2.46. The third-order valence-electron chi connectivity index (χ3n) is 15.2. The molecule has 0 radical (unpaired) electrons. The fourth-order valence-electron chi connectivity index (χ4n) is 11.0. The number of aromatic nitrogens is 3. The van der Waals surface area contributed by atoms with E-state index in [-0.39, 0.29) is 10.8 Å². The number of fused-ring (bicyclic) bond motifs is 6. The Bertz CT molecular complexity index is 4130. The molecule has 0 aliphatic carbocycles. The van der Waals surface area contributed by atoms with Crippen molar-refractivity contribution in [1.82, 2.24) is 14.5 Å². The molecule has 13 aromatic rings. The fraction of sp³-hybridized carbons (Fsp3) is 0.111. The maximum absolute atomic E-state index is 6.44. The molecule has 0 aliphatic heterocycles. The third kappa shape index (κ3) is 8.46. The van der Waals surface area contributed by atoms with E-state index in [2.05, 4.69) is 271 Å². The van der Waals surface area contributed by atoms with Crippen molar-refractivity contribution >= 4 is 43.7 Å². The topological polar surface area (TPSA) is 43.9 Å². The average Bonchev–Trinajstić information content (AvgIpc) is 4.00. The molecule has 4 nitrogen and oxygen atoms in total. The molecular formula is C72H57N3O. The molecular weight excluding hydrogens is 923 g/mol. The molecule has 0 N–H and O–H groups in total. The van der Waals surface area contributed by atoms with Gasteiger partial charge in [-0.3, -0.25) is 0 Å². The second-order valence-corrected chi connectivity index (χ2v) is 22.2. The Hall–Kier alpha value is -9.12. The smallest absolute Gasteiger partial charge is 0.160 e. The Morgan fingerprint density at radius 2 is 0.750 bits per heavy atom. The van der Waals surface area contributed by atoms with Crippen LogP contribution in [0, 0.1) is 0 Å². The minimum absolute atomic E-state index is 0.0283. The van der Waals surface area contributed by atoms with E-state index < -0.39 is 0 Å². The van der Waals surface area contributed by atoms with Gasteiger partial charge in [-0.25, -0.2) is 9.97 Å². The van der Waals surface area contributed by atoms with Gasteiger partial charge in [0.05, 0.1) is 28.1 Å². The quantitative estimate of drug-likeness (QED) is 0.152. The van der Waals surface area contributed by atoms with Gasteiger partial charge >= 0.3 is 0 Å². The average molecular weight is 980 g/mol. The van der Waals surface area contributed by atoms with Crippen LogP contribution in [-0.2, 0) is 10.8 Å². The molecule has 13 rings (SSSR count). The predicted octanol–water partition coefficient (Wildman–Crippen LogP) is 19.7. The molecule has 76 heavy (non-hydrogen) atoms. The standard InChI is InChI=1S/C72H57N3O/c1-71(2,3)55-33-26-48(27-34-55)59-42-54(64-45-63(50-22-14-9-15-23-50)73-70(74-64)53-30-37-58-57-24-16-17-25-67(57)76-68(58)44-53)43-60(49-28-35-56(36-29-49)72(4,5)6)69(59)75-65-38-31-51(46-18-10-7-11-19-46)40-61(65)62-41-52(32-39-66(62)75)47-20-12-8-13-21-47/h7-45H,1-6H3. The van der Waals surface area contributed by atoms with Crippen LogP contribution in [0.25, 0.3) is 128 Å². The zero-order valence-electron chi connectivity index (χ0n) is 43.8. The normalized spacial score (nSPS) is 12.1. The Balaban J connectivity index is 1.12. The maximum Gasteiger partial charge on any atom is 0.160 e. The summed E-state index contributed by atoms with van der Waals surface area (Å²) in [6.07, 6.45) is 0. The molecule has 0 atom stereocenters. The maximum atomic E-state index is 6.44. The summed E-state index contributed by atoms with van der Waals surface area (Å²) in [5, 5.41) is 4.54. The molecule has 3 heterocycles. The summed E-state index contributed by atoms with van der Waals surface area (Å²) in [6.45, 7) is 13.7. The number of rotatable bonds is 8. The molecule has 4 heteroatoms. The van der Waals surface area contributed by atoms with E-state index in [4.69, 9.17) is 14.4 Å². The van der Waals surface area contributed by atoms with Gasteiger partial charge in [0.25, 0.3) is 0 Å². The van der Waals surface area contributed by atoms with E-state index in [9.17, 15) is 0 Å². The first kappa shape index (κ1) is 46.7. The Kier molecular flexibility index (Phi) is 11.3. The largest absolute Gasteiger partial charge is 0.456 e. The van der Waals surface area contributed by atoms with Crippen LogP contribution in [0.4, 0.5) is 0 Å². The molecule has 3 aromatic heterocycles. The van der Waals surface area contributed by atoms with E-state index in [1.807, 2.05) is 12.1 Å². The zero-order valence-corrected chi connectivity index (χ0v) is 43.8. The second kappa shape index (κ2) is 18.4. The highest BCUT2D eigenvalue weighted by atomic mass is 16.3. The van der Waals surface area contributed by atoms with E-state index in [1.165, 1.54) is 44.2 Å². The number of furan rings is 1. The summed E-state index contributed by atoms with van der Waals surface area (Å²) in [5.74, 6) is 0.626. The van der Waals surface area contributed by atoms with Gasteiger partial charge in [-0.2, -0.15) is 0 Å². The lowest BCUT2D eigenvalue weighted by Gasteiger charge is -2.23. The van der Waals surface area contributed by atoms with Crippen LogP contribution < -0.4 is 0 Å². The van der Waals surface area contributed by atoms with Crippen molar-refractivity contribution in [3.8, 4) is 84.1 Å². The molecule has 0 aliphatic rings. The van der Waals surface area contributed by atoms with E-state index in [0.717, 1.165) is 89.0 Å². The van der Waals surface area contributed by atoms with Crippen molar-refractivity contribution in [2.24, 2.45) is 0 Å². The fourth-order valence-corrected chi connectivity index (χ4v) is 11.0. The summed E-state index contributed by atoms with van der Waals surface area (Å²) >= 11 is 0. The summed E-state index contributed by atoms with van der Waals surface area (Å²) in [6, 6.07) is 85.8. The Labute approximate surface area is 444 Å². The van der Waals surface area contributed by atoms with Crippen LogP contribution in [-0.4, -0.2) is 14.5 Å². The van der Waals surface area contributed by atoms with E-state index in [1.54, 1.807) is 0 Å². The molecule has 0 saturated carbocycles. The third-order valence-corrected chi connectivity index (χ3v) is 15.2. The van der Waals surface area contributed by atoms with Crippen LogP contribution in [0.1, 0.15) is 52.7 Å². The lowest BCUT2D eigenvalue weighted by molar-refractivity contribution is 0.590. The molecule has 0 spiro atoms. The highest BCUT2D eigenvalue weighted by Gasteiger charge is 2.25. The van der Waals surface area contributed by atoms with Gasteiger partial charge in [-0.1, -0.05) is 217 Å². The van der Waals surface area contributed by atoms with Crippen LogP contribution >= 0.6 is 0 Å². The van der Waals surface area contributed by atoms with Crippen molar-refractivity contribution in [3.63, 3.8) is 0 Å². The predicted molar refractivity (Wildman–Crippen MR) is 319 cm³/mol. The van der Waals surface area contributed by atoms with Crippen molar-refractivity contribution in [2.45, 2.75) is 52.4 Å². The first-order valence-electron chi connectivity index (χ1n) is 26.4. The molecule has 0 saturated heterocycles. The van der Waals surface area contributed by atoms with Crippen LogP contribution in [0.5, 0.6) is 0 Å². The van der Waals surface area contributed by atoms with Crippen molar-refractivity contribution in [2.75, 3.05) is 0 Å². The van der Waals surface area contributed by atoms with E-state index >= 15 is 0 Å². The SMILES string of the molecule is CC(C)(C)c1ccc(-c2cc(-c3cc(-c4ccccc4)nc(-c4ccc5c(c4)oc4ccccc45)n3)cc(-c3ccc(C(C)(C)C)cc3)c2-n2c3ccc(-c4ccccc4)cc3c3cc(-c4ccccc4)ccc32)cc1. The van der Waals surface area contributed by atoms with Crippen LogP contribution in [0.15, 0.2) is 241 Å². The van der Waals surface area contributed by atoms with Crippen molar-refractivity contribution in [3.05, 3.63) is 248 Å². The monoisotopic (exact) mass is 979 g/mol. The first-order chi connectivity index (χ1) is 36.9. The summed E-state index contributed by atoms with van der Waals surface area (Å²) < 4.78 is 8.97. The van der Waals surface area contributed by atoms with Gasteiger partial charge in [0.2, 0.25) is 0 Å². The second-order valence-electron chi connectivity index (χ2n) is 22.2. The van der Waals surface area contributed by atoms with E-state index in [0.29, 0.717) is 5.82 Å². The molecule has 366 valence electrons. The molecule has 0 amide bonds. The number of hydrogen-bond donors (Lipinski definition) is 0. The molecule has 10 aromatic carbocycles. The number of nitrogens with zero attached hydrogens (tertiary/aromatic N) is 3. The Morgan fingerprint density at radius 1 is 0.316 bits per heavy atom. The van der Waals surface area contributed by atoms with Gasteiger partial charge in [0, 0.05) is 49.4 Å². The van der Waals surface area contributed by atoms with Gasteiger partial charge < -0.3 is 8.98 Å².